The van der Waals surface area contributed by atoms with Crippen LogP contribution in [0.1, 0.15) is 48.9 Å². The lowest BCUT2D eigenvalue weighted by atomic mass is 10.0. The molecule has 0 radical (unpaired) electrons. The lowest BCUT2D eigenvalue weighted by Crippen LogP contribution is -2.44. The van der Waals surface area contributed by atoms with Gasteiger partial charge in [-0.1, -0.05) is 29.8 Å². The number of hydrogen-bond acceptors (Lipinski definition) is 4. The van der Waals surface area contributed by atoms with Gasteiger partial charge < -0.3 is 15.4 Å². The first-order valence-corrected chi connectivity index (χ1v) is 10.6. The average molecular weight is 465 g/mol. The molecule has 1 atom stereocenters. The highest BCUT2D eigenvalue weighted by molar-refractivity contribution is 9.10. The van der Waals surface area contributed by atoms with Crippen LogP contribution in [0, 0.1) is 19.8 Å². The van der Waals surface area contributed by atoms with E-state index < -0.39 is 6.09 Å². The summed E-state index contributed by atoms with van der Waals surface area (Å²) >= 11 is 3.42. The number of nitrogens with zero attached hydrogens (tertiary/aromatic N) is 2. The maximum Gasteiger partial charge on any atom is 0.407 e. The fraction of sp³-hybridized carbons (Fsp3) is 0.476. The molecule has 0 aliphatic carbocycles. The number of carbonyl (C=O) groups is 2. The van der Waals surface area contributed by atoms with Crippen molar-refractivity contribution in [1.82, 2.24) is 20.4 Å². The second-order valence-electron chi connectivity index (χ2n) is 7.34. The highest BCUT2D eigenvalue weighted by atomic mass is 79.9. The van der Waals surface area contributed by atoms with Gasteiger partial charge in [0.25, 0.3) is 5.91 Å². The Balaban J connectivity index is 2.12. The molecule has 0 saturated carbocycles. The van der Waals surface area contributed by atoms with Crippen LogP contribution >= 0.6 is 15.9 Å². The number of rotatable bonds is 8. The van der Waals surface area contributed by atoms with Gasteiger partial charge in [0.15, 0.2) is 0 Å². The Morgan fingerprint density at radius 2 is 1.86 bits per heavy atom. The zero-order valence-electron chi connectivity index (χ0n) is 17.6. The molecule has 29 heavy (non-hydrogen) atoms. The van der Waals surface area contributed by atoms with Crippen LogP contribution in [-0.2, 0) is 4.74 Å². The van der Waals surface area contributed by atoms with E-state index in [4.69, 9.17) is 4.74 Å². The van der Waals surface area contributed by atoms with E-state index in [1.807, 2.05) is 38.1 Å². The Bertz CT molecular complexity index is 846. The van der Waals surface area contributed by atoms with Crippen LogP contribution in [0.4, 0.5) is 4.79 Å². The van der Waals surface area contributed by atoms with Gasteiger partial charge in [-0.15, -0.1) is 0 Å². The molecule has 7 nitrogen and oxygen atoms in total. The fourth-order valence-corrected chi connectivity index (χ4v) is 3.48. The van der Waals surface area contributed by atoms with Crippen LogP contribution in [0.2, 0.25) is 0 Å². The van der Waals surface area contributed by atoms with Crippen LogP contribution < -0.4 is 10.6 Å². The van der Waals surface area contributed by atoms with Gasteiger partial charge in [0.05, 0.1) is 29.2 Å². The van der Waals surface area contributed by atoms with Gasteiger partial charge in [-0.2, -0.15) is 5.10 Å². The number of ether oxygens (including phenoxy) is 1. The quantitative estimate of drug-likeness (QED) is 0.614. The van der Waals surface area contributed by atoms with Gasteiger partial charge in [0, 0.05) is 17.1 Å². The summed E-state index contributed by atoms with van der Waals surface area (Å²) in [4.78, 5) is 24.7. The number of carbonyl (C=O) groups excluding carboxylic acids is 2. The smallest absolute Gasteiger partial charge is 0.407 e. The predicted molar refractivity (Wildman–Crippen MR) is 116 cm³/mol. The summed E-state index contributed by atoms with van der Waals surface area (Å²) in [6, 6.07) is 7.53. The van der Waals surface area contributed by atoms with Crippen molar-refractivity contribution in [3.05, 3.63) is 45.7 Å². The van der Waals surface area contributed by atoms with Gasteiger partial charge in [-0.3, -0.25) is 4.79 Å². The molecule has 0 saturated heterocycles. The van der Waals surface area contributed by atoms with Crippen LogP contribution in [0.5, 0.6) is 0 Å². The third-order valence-corrected chi connectivity index (χ3v) is 4.98. The summed E-state index contributed by atoms with van der Waals surface area (Å²) in [5, 5.41) is 10.3. The zero-order chi connectivity index (χ0) is 21.6. The van der Waals surface area contributed by atoms with E-state index in [-0.39, 0.29) is 11.9 Å². The minimum absolute atomic E-state index is 0.206. The van der Waals surface area contributed by atoms with E-state index >= 15 is 0 Å². The monoisotopic (exact) mass is 464 g/mol. The Morgan fingerprint density at radius 1 is 1.21 bits per heavy atom. The average Bonchev–Trinajstić information content (AvgIpc) is 2.94. The van der Waals surface area contributed by atoms with Crippen LogP contribution in [0.3, 0.4) is 0 Å². The van der Waals surface area contributed by atoms with E-state index in [2.05, 4.69) is 45.5 Å². The molecule has 1 aromatic carbocycles. The molecule has 8 heteroatoms. The molecule has 2 aromatic rings. The van der Waals surface area contributed by atoms with E-state index in [1.165, 1.54) is 0 Å². The van der Waals surface area contributed by atoms with Gasteiger partial charge in [-0.05, 0) is 57.4 Å². The first-order chi connectivity index (χ1) is 13.7. The molecule has 0 bridgehead atoms. The Hall–Kier alpha value is -2.35. The van der Waals surface area contributed by atoms with Crippen LogP contribution in [0.25, 0.3) is 5.69 Å². The topological polar surface area (TPSA) is 85.2 Å². The SMILES string of the molecule is CCOC(=O)N[C@@H](CNC(=O)c1c(C)nn(-c2ccc(Br)cc2)c1C)CC(C)C. The van der Waals surface area contributed by atoms with E-state index in [0.29, 0.717) is 30.3 Å². The Labute approximate surface area is 180 Å². The Morgan fingerprint density at radius 3 is 2.45 bits per heavy atom. The summed E-state index contributed by atoms with van der Waals surface area (Å²) in [6.45, 7) is 10.2. The molecule has 0 fully saturated rings. The maximum absolute atomic E-state index is 12.9. The van der Waals surface area contributed by atoms with Gasteiger partial charge >= 0.3 is 6.09 Å². The van der Waals surface area contributed by atoms with E-state index in [9.17, 15) is 9.59 Å². The van der Waals surface area contributed by atoms with E-state index in [1.54, 1.807) is 11.6 Å². The van der Waals surface area contributed by atoms with E-state index in [0.717, 1.165) is 22.3 Å². The van der Waals surface area contributed by atoms with Crippen molar-refractivity contribution in [1.29, 1.82) is 0 Å². The van der Waals surface area contributed by atoms with Crippen LogP contribution in [0.15, 0.2) is 28.7 Å². The summed E-state index contributed by atoms with van der Waals surface area (Å²) in [5.41, 5.74) is 2.85. The third kappa shape index (κ3) is 6.32. The number of nitrogens with one attached hydrogen (secondary N) is 2. The number of benzene rings is 1. The predicted octanol–water partition coefficient (Wildman–Crippen LogP) is 4.14. The molecule has 0 aliphatic rings. The Kier molecular flexibility index (Phi) is 8.25. The molecule has 1 aromatic heterocycles. The minimum atomic E-state index is -0.470. The molecule has 158 valence electrons. The number of aromatic nitrogens is 2. The van der Waals surface area contributed by atoms with Crippen molar-refractivity contribution >= 4 is 27.9 Å². The molecular formula is C21H29BrN4O3. The zero-order valence-corrected chi connectivity index (χ0v) is 19.2. The van der Waals surface area contributed by atoms with Crippen molar-refractivity contribution < 1.29 is 14.3 Å². The minimum Gasteiger partial charge on any atom is -0.450 e. The summed E-state index contributed by atoms with van der Waals surface area (Å²) in [5.74, 6) is 0.158. The van der Waals surface area contributed by atoms with Crippen LogP contribution in [-0.4, -0.2) is 41.0 Å². The first kappa shape index (κ1) is 22.9. The largest absolute Gasteiger partial charge is 0.450 e. The standard InChI is InChI=1S/C21H29BrN4O3/c1-6-29-21(28)24-17(11-13(2)3)12-23-20(27)19-14(4)25-26(15(19)5)18-9-7-16(22)8-10-18/h7-10,13,17H,6,11-12H2,1-5H3,(H,23,27)(H,24,28)/t17-/m1/s1. The molecular weight excluding hydrogens is 436 g/mol. The van der Waals surface area contributed by atoms with Crippen molar-refractivity contribution in [3.8, 4) is 5.69 Å². The van der Waals surface area contributed by atoms with Crippen molar-refractivity contribution in [2.75, 3.05) is 13.2 Å². The molecule has 0 spiro atoms. The number of amides is 2. The number of hydrogen-bond donors (Lipinski definition) is 2. The molecule has 2 rings (SSSR count). The second-order valence-corrected chi connectivity index (χ2v) is 8.25. The number of halogens is 1. The highest BCUT2D eigenvalue weighted by Gasteiger charge is 2.21. The lowest BCUT2D eigenvalue weighted by Gasteiger charge is -2.20. The number of alkyl carbamates (subject to hydrolysis) is 1. The summed E-state index contributed by atoms with van der Waals surface area (Å²) < 4.78 is 7.71. The molecule has 0 unspecified atom stereocenters. The third-order valence-electron chi connectivity index (χ3n) is 4.45. The molecule has 0 aliphatic heterocycles. The van der Waals surface area contributed by atoms with Crippen molar-refractivity contribution in [2.24, 2.45) is 5.92 Å². The van der Waals surface area contributed by atoms with Crippen molar-refractivity contribution in [3.63, 3.8) is 0 Å². The number of aryl methyl sites for hydroxylation is 1. The highest BCUT2D eigenvalue weighted by Crippen LogP contribution is 2.20. The van der Waals surface area contributed by atoms with Crippen molar-refractivity contribution in [2.45, 2.75) is 47.1 Å². The normalized spacial score (nSPS) is 12.0. The van der Waals surface area contributed by atoms with Gasteiger partial charge in [0.1, 0.15) is 0 Å². The second kappa shape index (κ2) is 10.4. The maximum atomic E-state index is 12.9. The fourth-order valence-electron chi connectivity index (χ4n) is 3.21. The molecule has 1 heterocycles. The summed E-state index contributed by atoms with van der Waals surface area (Å²) in [6.07, 6.45) is 0.262. The molecule has 2 amide bonds. The van der Waals surface area contributed by atoms with Gasteiger partial charge in [0.2, 0.25) is 0 Å². The first-order valence-electron chi connectivity index (χ1n) is 9.76. The molecule has 2 N–H and O–H groups in total. The van der Waals surface area contributed by atoms with Gasteiger partial charge in [-0.25, -0.2) is 9.48 Å². The lowest BCUT2D eigenvalue weighted by molar-refractivity contribution is 0.0943. The summed E-state index contributed by atoms with van der Waals surface area (Å²) in [7, 11) is 0.